The van der Waals surface area contributed by atoms with Crippen LogP contribution in [0.1, 0.15) is 53.9 Å². The highest BCUT2D eigenvalue weighted by Crippen LogP contribution is 2.18. The maximum absolute atomic E-state index is 2.47. The maximum Gasteiger partial charge on any atom is 0.00692 e. The van der Waals surface area contributed by atoms with Crippen molar-refractivity contribution in [3.8, 4) is 0 Å². The van der Waals surface area contributed by atoms with Crippen molar-refractivity contribution in [2.75, 3.05) is 7.05 Å². The summed E-state index contributed by atoms with van der Waals surface area (Å²) in [6.07, 6.45) is 4.00. The standard InChI is InChI=1S/C12H27N/c1-7-12(8-2)9-11(5)13(6)10(3)4/h10-12H,7-9H2,1-6H3/t11-/m1/s1. The molecule has 0 heterocycles. The quantitative estimate of drug-likeness (QED) is 0.612. The number of hydrogen-bond acceptors (Lipinski definition) is 1. The van der Waals surface area contributed by atoms with E-state index >= 15 is 0 Å². The molecule has 0 aliphatic heterocycles. The Morgan fingerprint density at radius 2 is 1.46 bits per heavy atom. The fourth-order valence-electron chi connectivity index (χ4n) is 1.78. The van der Waals surface area contributed by atoms with E-state index in [1.165, 1.54) is 19.3 Å². The third-order valence-corrected chi connectivity index (χ3v) is 3.34. The fraction of sp³-hybridized carbons (Fsp3) is 1.00. The minimum Gasteiger partial charge on any atom is -0.301 e. The number of hydrogen-bond donors (Lipinski definition) is 0. The van der Waals surface area contributed by atoms with Crippen molar-refractivity contribution in [1.82, 2.24) is 4.90 Å². The molecule has 0 bridgehead atoms. The average molecular weight is 185 g/mol. The predicted octanol–water partition coefficient (Wildman–Crippen LogP) is 3.54. The smallest absolute Gasteiger partial charge is 0.00692 e. The first-order chi connectivity index (χ1) is 6.02. The van der Waals surface area contributed by atoms with E-state index in [1.807, 2.05) is 0 Å². The fourth-order valence-corrected chi connectivity index (χ4v) is 1.78. The normalized spacial score (nSPS) is 14.5. The molecule has 0 aliphatic rings. The Balaban J connectivity index is 3.89. The van der Waals surface area contributed by atoms with Gasteiger partial charge in [-0.2, -0.15) is 0 Å². The van der Waals surface area contributed by atoms with Gasteiger partial charge >= 0.3 is 0 Å². The first-order valence-corrected chi connectivity index (χ1v) is 5.74. The molecule has 0 aromatic carbocycles. The van der Waals surface area contributed by atoms with Crippen molar-refractivity contribution in [2.24, 2.45) is 5.92 Å². The van der Waals surface area contributed by atoms with Crippen LogP contribution in [0.15, 0.2) is 0 Å². The Bertz CT molecular complexity index is 116. The summed E-state index contributed by atoms with van der Waals surface area (Å²) < 4.78 is 0. The monoisotopic (exact) mass is 185 g/mol. The van der Waals surface area contributed by atoms with E-state index < -0.39 is 0 Å². The minimum absolute atomic E-state index is 0.671. The van der Waals surface area contributed by atoms with E-state index in [2.05, 4.69) is 46.6 Å². The van der Waals surface area contributed by atoms with Gasteiger partial charge in [-0.25, -0.2) is 0 Å². The van der Waals surface area contributed by atoms with Crippen LogP contribution in [0.3, 0.4) is 0 Å². The molecule has 0 fully saturated rings. The molecular weight excluding hydrogens is 158 g/mol. The lowest BCUT2D eigenvalue weighted by Gasteiger charge is -2.30. The van der Waals surface area contributed by atoms with E-state index in [9.17, 15) is 0 Å². The molecule has 1 heteroatoms. The molecule has 1 nitrogen and oxygen atoms in total. The van der Waals surface area contributed by atoms with Gasteiger partial charge in [-0.1, -0.05) is 26.7 Å². The van der Waals surface area contributed by atoms with Crippen molar-refractivity contribution in [1.29, 1.82) is 0 Å². The largest absolute Gasteiger partial charge is 0.301 e. The predicted molar refractivity (Wildman–Crippen MR) is 61.1 cm³/mol. The van der Waals surface area contributed by atoms with Gasteiger partial charge in [-0.15, -0.1) is 0 Å². The summed E-state index contributed by atoms with van der Waals surface area (Å²) >= 11 is 0. The van der Waals surface area contributed by atoms with Gasteiger partial charge in [0.25, 0.3) is 0 Å². The topological polar surface area (TPSA) is 3.24 Å². The van der Waals surface area contributed by atoms with Gasteiger partial charge in [0.15, 0.2) is 0 Å². The van der Waals surface area contributed by atoms with Crippen LogP contribution >= 0.6 is 0 Å². The van der Waals surface area contributed by atoms with Crippen LogP contribution in [0.4, 0.5) is 0 Å². The molecule has 13 heavy (non-hydrogen) atoms. The minimum atomic E-state index is 0.671. The van der Waals surface area contributed by atoms with Crippen LogP contribution in [0.5, 0.6) is 0 Å². The van der Waals surface area contributed by atoms with E-state index in [0.29, 0.717) is 6.04 Å². The second-order valence-corrected chi connectivity index (χ2v) is 4.53. The molecule has 0 rings (SSSR count). The lowest BCUT2D eigenvalue weighted by molar-refractivity contribution is 0.177. The van der Waals surface area contributed by atoms with Crippen molar-refractivity contribution < 1.29 is 0 Å². The summed E-state index contributed by atoms with van der Waals surface area (Å²) in [5.41, 5.74) is 0. The summed E-state index contributed by atoms with van der Waals surface area (Å²) in [6.45, 7) is 11.5. The van der Waals surface area contributed by atoms with Crippen LogP contribution in [-0.2, 0) is 0 Å². The van der Waals surface area contributed by atoms with Crippen LogP contribution in [0.25, 0.3) is 0 Å². The molecule has 1 atom stereocenters. The second-order valence-electron chi connectivity index (χ2n) is 4.53. The third kappa shape index (κ3) is 4.66. The summed E-state index contributed by atoms with van der Waals surface area (Å²) in [7, 11) is 2.23. The van der Waals surface area contributed by atoms with E-state index in [-0.39, 0.29) is 0 Å². The molecule has 0 aliphatic carbocycles. The summed E-state index contributed by atoms with van der Waals surface area (Å²) in [5, 5.41) is 0. The lowest BCUT2D eigenvalue weighted by atomic mass is 9.94. The Labute approximate surface area is 84.5 Å². The van der Waals surface area contributed by atoms with Gasteiger partial charge in [-0.3, -0.25) is 0 Å². The average Bonchev–Trinajstić information content (AvgIpc) is 2.12. The van der Waals surface area contributed by atoms with Crippen LogP contribution in [0, 0.1) is 5.92 Å². The van der Waals surface area contributed by atoms with Crippen molar-refractivity contribution in [3.05, 3.63) is 0 Å². The van der Waals surface area contributed by atoms with Crippen LogP contribution in [0.2, 0.25) is 0 Å². The van der Waals surface area contributed by atoms with Gasteiger partial charge in [0.1, 0.15) is 0 Å². The third-order valence-electron chi connectivity index (χ3n) is 3.34. The number of nitrogens with zero attached hydrogens (tertiary/aromatic N) is 1. The molecule has 0 radical (unpaired) electrons. The van der Waals surface area contributed by atoms with Crippen molar-refractivity contribution in [2.45, 2.75) is 66.0 Å². The SMILES string of the molecule is CCC(CC)C[C@@H](C)N(C)C(C)C. The van der Waals surface area contributed by atoms with Crippen molar-refractivity contribution >= 4 is 0 Å². The number of rotatable bonds is 6. The molecule has 0 saturated heterocycles. The zero-order chi connectivity index (χ0) is 10.4. The summed E-state index contributed by atoms with van der Waals surface area (Å²) in [6, 6.07) is 1.40. The van der Waals surface area contributed by atoms with Crippen LogP contribution in [-0.4, -0.2) is 24.0 Å². The maximum atomic E-state index is 2.47. The molecule has 0 aromatic rings. The molecule has 80 valence electrons. The van der Waals surface area contributed by atoms with Gasteiger partial charge in [-0.05, 0) is 40.2 Å². The zero-order valence-electron chi connectivity index (χ0n) is 10.3. The van der Waals surface area contributed by atoms with Crippen molar-refractivity contribution in [3.63, 3.8) is 0 Å². The van der Waals surface area contributed by atoms with E-state index in [0.717, 1.165) is 12.0 Å². The lowest BCUT2D eigenvalue weighted by Crippen LogP contribution is -2.36. The van der Waals surface area contributed by atoms with Crippen LogP contribution < -0.4 is 0 Å². The highest BCUT2D eigenvalue weighted by molar-refractivity contribution is 4.70. The Kier molecular flexibility index (Phi) is 6.40. The first-order valence-electron chi connectivity index (χ1n) is 5.74. The Morgan fingerprint density at radius 3 is 1.77 bits per heavy atom. The van der Waals surface area contributed by atoms with Gasteiger partial charge in [0.2, 0.25) is 0 Å². The molecule has 0 unspecified atom stereocenters. The molecule has 0 aromatic heterocycles. The first kappa shape index (κ1) is 13.0. The summed E-state index contributed by atoms with van der Waals surface area (Å²) in [4.78, 5) is 2.47. The highest BCUT2D eigenvalue weighted by Gasteiger charge is 2.15. The molecule has 0 saturated carbocycles. The zero-order valence-corrected chi connectivity index (χ0v) is 10.3. The summed E-state index contributed by atoms with van der Waals surface area (Å²) in [5.74, 6) is 0.913. The molecular formula is C12H27N. The van der Waals surface area contributed by atoms with Gasteiger partial charge in [0, 0.05) is 12.1 Å². The Morgan fingerprint density at radius 1 is 1.00 bits per heavy atom. The highest BCUT2D eigenvalue weighted by atomic mass is 15.1. The Hall–Kier alpha value is -0.0400. The van der Waals surface area contributed by atoms with E-state index in [4.69, 9.17) is 0 Å². The molecule has 0 spiro atoms. The molecule has 0 N–H and O–H groups in total. The second kappa shape index (κ2) is 6.42. The molecule has 0 amide bonds. The van der Waals surface area contributed by atoms with Gasteiger partial charge < -0.3 is 4.90 Å². The van der Waals surface area contributed by atoms with Gasteiger partial charge in [0.05, 0.1) is 0 Å². The van der Waals surface area contributed by atoms with E-state index in [1.54, 1.807) is 0 Å².